The lowest BCUT2D eigenvalue weighted by Crippen LogP contribution is -1.97. The predicted molar refractivity (Wildman–Crippen MR) is 69.3 cm³/mol. The van der Waals surface area contributed by atoms with Gasteiger partial charge in [-0.3, -0.25) is 0 Å². The van der Waals surface area contributed by atoms with E-state index in [0.717, 1.165) is 20.5 Å². The Kier molecular flexibility index (Phi) is 3.36. The lowest BCUT2D eigenvalue weighted by molar-refractivity contribution is 0.311. The molecule has 4 heteroatoms. The molecule has 2 aromatic rings. The monoisotopic (exact) mass is 253 g/mol. The summed E-state index contributed by atoms with van der Waals surface area (Å²) in [6, 6.07) is 9.57. The van der Waals surface area contributed by atoms with Gasteiger partial charge in [0.25, 0.3) is 0 Å². The number of nitrogens with two attached hydrogens (primary N) is 1. The van der Waals surface area contributed by atoms with Gasteiger partial charge in [-0.05, 0) is 36.8 Å². The fraction of sp³-hybridized carbons (Fsp3) is 0.167. The third-order valence-corrected chi connectivity index (χ3v) is 3.37. The van der Waals surface area contributed by atoms with E-state index in [9.17, 15) is 0 Å². The summed E-state index contributed by atoms with van der Waals surface area (Å²) < 4.78 is 6.42. The molecule has 0 saturated carbocycles. The van der Waals surface area contributed by atoms with Gasteiger partial charge in [0.1, 0.15) is 12.4 Å². The predicted octanol–water partition coefficient (Wildman–Crippen LogP) is 3.87. The van der Waals surface area contributed by atoms with Gasteiger partial charge in [-0.2, -0.15) is 0 Å². The van der Waals surface area contributed by atoms with Crippen molar-refractivity contribution in [2.24, 2.45) is 0 Å². The van der Waals surface area contributed by atoms with Gasteiger partial charge >= 0.3 is 0 Å². The van der Waals surface area contributed by atoms with Gasteiger partial charge in [-0.25, -0.2) is 0 Å². The Morgan fingerprint density at radius 1 is 1.31 bits per heavy atom. The maximum Gasteiger partial charge on any atom is 0.142 e. The number of halogens is 1. The number of anilines is 1. The van der Waals surface area contributed by atoms with Crippen molar-refractivity contribution in [3.05, 3.63) is 45.1 Å². The summed E-state index contributed by atoms with van der Waals surface area (Å²) in [4.78, 5) is 1.09. The third-order valence-electron chi connectivity index (χ3n) is 2.17. The van der Waals surface area contributed by atoms with Crippen LogP contribution in [0, 0.1) is 6.92 Å². The normalized spacial score (nSPS) is 10.4. The van der Waals surface area contributed by atoms with Crippen LogP contribution in [0.3, 0.4) is 0 Å². The summed E-state index contributed by atoms with van der Waals surface area (Å²) in [5, 5.41) is 0. The van der Waals surface area contributed by atoms with Crippen LogP contribution in [-0.4, -0.2) is 0 Å². The standard InChI is InChI=1S/C12H12ClNOS/c1-8-2-4-10(14)11(6-8)15-7-9-3-5-12(13)16-9/h2-6H,7,14H2,1H3. The molecule has 0 saturated heterocycles. The maximum absolute atomic E-state index is 5.84. The van der Waals surface area contributed by atoms with Gasteiger partial charge < -0.3 is 10.5 Å². The van der Waals surface area contributed by atoms with E-state index in [1.807, 2.05) is 37.3 Å². The second kappa shape index (κ2) is 4.76. The fourth-order valence-electron chi connectivity index (χ4n) is 1.34. The first kappa shape index (κ1) is 11.3. The minimum atomic E-state index is 0.505. The van der Waals surface area contributed by atoms with Gasteiger partial charge in [0.2, 0.25) is 0 Å². The highest BCUT2D eigenvalue weighted by atomic mass is 35.5. The highest BCUT2D eigenvalue weighted by Crippen LogP contribution is 2.26. The van der Waals surface area contributed by atoms with E-state index in [0.29, 0.717) is 12.3 Å². The molecule has 1 aromatic heterocycles. The Morgan fingerprint density at radius 2 is 2.12 bits per heavy atom. The van der Waals surface area contributed by atoms with Gasteiger partial charge in [0.05, 0.1) is 10.0 Å². The molecule has 0 bridgehead atoms. The first-order valence-corrected chi connectivity index (χ1v) is 6.08. The van der Waals surface area contributed by atoms with Gasteiger partial charge in [-0.15, -0.1) is 11.3 Å². The van der Waals surface area contributed by atoms with Crippen molar-refractivity contribution in [3.63, 3.8) is 0 Å². The van der Waals surface area contributed by atoms with Crippen molar-refractivity contribution in [2.75, 3.05) is 5.73 Å². The first-order chi connectivity index (χ1) is 7.65. The number of aryl methyl sites for hydroxylation is 1. The van der Waals surface area contributed by atoms with E-state index in [1.165, 1.54) is 11.3 Å². The lowest BCUT2D eigenvalue weighted by Gasteiger charge is -2.08. The quantitative estimate of drug-likeness (QED) is 0.843. The Labute approximate surface area is 104 Å². The molecule has 0 fully saturated rings. The third kappa shape index (κ3) is 2.68. The molecule has 0 aliphatic carbocycles. The maximum atomic E-state index is 5.84. The van der Waals surface area contributed by atoms with Crippen LogP contribution in [0.4, 0.5) is 5.69 Å². The number of ether oxygens (including phenoxy) is 1. The average molecular weight is 254 g/mol. The molecule has 2 rings (SSSR count). The SMILES string of the molecule is Cc1ccc(N)c(OCc2ccc(Cl)s2)c1. The van der Waals surface area contributed by atoms with E-state index >= 15 is 0 Å². The van der Waals surface area contributed by atoms with Crippen molar-refractivity contribution in [3.8, 4) is 5.75 Å². The van der Waals surface area contributed by atoms with Crippen LogP contribution < -0.4 is 10.5 Å². The summed E-state index contributed by atoms with van der Waals surface area (Å²) >= 11 is 7.35. The zero-order valence-corrected chi connectivity index (χ0v) is 10.4. The average Bonchev–Trinajstić information content (AvgIpc) is 2.66. The molecule has 16 heavy (non-hydrogen) atoms. The highest BCUT2D eigenvalue weighted by molar-refractivity contribution is 7.16. The van der Waals surface area contributed by atoms with Crippen molar-refractivity contribution in [1.82, 2.24) is 0 Å². The number of thiophene rings is 1. The molecule has 0 spiro atoms. The van der Waals surface area contributed by atoms with Gasteiger partial charge in [0, 0.05) is 4.88 Å². The number of hydrogen-bond acceptors (Lipinski definition) is 3. The molecule has 84 valence electrons. The lowest BCUT2D eigenvalue weighted by atomic mass is 10.2. The molecule has 0 radical (unpaired) electrons. The molecule has 0 unspecified atom stereocenters. The Hall–Kier alpha value is -1.19. The molecule has 2 N–H and O–H groups in total. The summed E-state index contributed by atoms with van der Waals surface area (Å²) in [6.07, 6.45) is 0. The van der Waals surface area contributed by atoms with Crippen LogP contribution in [0.2, 0.25) is 4.34 Å². The smallest absolute Gasteiger partial charge is 0.142 e. The second-order valence-electron chi connectivity index (χ2n) is 3.54. The largest absolute Gasteiger partial charge is 0.486 e. The summed E-state index contributed by atoms with van der Waals surface area (Å²) in [5.74, 6) is 0.726. The van der Waals surface area contributed by atoms with E-state index in [4.69, 9.17) is 22.1 Å². The minimum absolute atomic E-state index is 0.505. The Morgan fingerprint density at radius 3 is 2.81 bits per heavy atom. The minimum Gasteiger partial charge on any atom is -0.486 e. The number of hydrogen-bond donors (Lipinski definition) is 1. The van der Waals surface area contributed by atoms with Crippen molar-refractivity contribution in [1.29, 1.82) is 0 Å². The van der Waals surface area contributed by atoms with Crippen molar-refractivity contribution in [2.45, 2.75) is 13.5 Å². The highest BCUT2D eigenvalue weighted by Gasteiger charge is 2.03. The molecule has 1 heterocycles. The van der Waals surface area contributed by atoms with Crippen LogP contribution in [0.15, 0.2) is 30.3 Å². The van der Waals surface area contributed by atoms with Crippen LogP contribution in [-0.2, 0) is 6.61 Å². The summed E-state index contributed by atoms with van der Waals surface area (Å²) in [6.45, 7) is 2.51. The molecular formula is C12H12ClNOS. The van der Waals surface area contributed by atoms with E-state index < -0.39 is 0 Å². The Bertz CT molecular complexity index is 496. The summed E-state index contributed by atoms with van der Waals surface area (Å²) in [5.41, 5.74) is 7.60. The number of rotatable bonds is 3. The second-order valence-corrected chi connectivity index (χ2v) is 5.34. The van der Waals surface area contributed by atoms with Gasteiger partial charge in [-0.1, -0.05) is 17.7 Å². The zero-order valence-electron chi connectivity index (χ0n) is 8.87. The molecule has 1 aromatic carbocycles. The summed E-state index contributed by atoms with van der Waals surface area (Å²) in [7, 11) is 0. The Balaban J connectivity index is 2.07. The van der Waals surface area contributed by atoms with Crippen LogP contribution in [0.1, 0.15) is 10.4 Å². The molecular weight excluding hydrogens is 242 g/mol. The van der Waals surface area contributed by atoms with E-state index in [1.54, 1.807) is 0 Å². The molecule has 2 nitrogen and oxygen atoms in total. The first-order valence-electron chi connectivity index (χ1n) is 4.88. The van der Waals surface area contributed by atoms with Crippen molar-refractivity contribution >= 4 is 28.6 Å². The van der Waals surface area contributed by atoms with E-state index in [2.05, 4.69) is 0 Å². The molecule has 0 aliphatic rings. The number of benzene rings is 1. The van der Waals surface area contributed by atoms with Crippen LogP contribution in [0.25, 0.3) is 0 Å². The molecule has 0 atom stereocenters. The van der Waals surface area contributed by atoms with Gasteiger partial charge in [0.15, 0.2) is 0 Å². The fourth-order valence-corrected chi connectivity index (χ4v) is 2.35. The molecule has 0 amide bonds. The van der Waals surface area contributed by atoms with E-state index in [-0.39, 0.29) is 0 Å². The van der Waals surface area contributed by atoms with Crippen LogP contribution in [0.5, 0.6) is 5.75 Å². The number of nitrogen functional groups attached to an aromatic ring is 1. The zero-order chi connectivity index (χ0) is 11.5. The van der Waals surface area contributed by atoms with Crippen molar-refractivity contribution < 1.29 is 4.74 Å². The molecule has 0 aliphatic heterocycles. The van der Waals surface area contributed by atoms with Crippen LogP contribution >= 0.6 is 22.9 Å². The topological polar surface area (TPSA) is 35.2 Å².